The topological polar surface area (TPSA) is 54.0 Å². The van der Waals surface area contributed by atoms with E-state index in [9.17, 15) is 4.79 Å². The third kappa shape index (κ3) is 5.76. The molecule has 0 bridgehead atoms. The lowest BCUT2D eigenvalue weighted by Crippen LogP contribution is -2.25. The Balaban J connectivity index is 0.00000243. The third-order valence-corrected chi connectivity index (χ3v) is 3.81. The molecule has 0 aliphatic carbocycles. The Bertz CT molecular complexity index is 700. The second-order valence-corrected chi connectivity index (χ2v) is 6.35. The van der Waals surface area contributed by atoms with Crippen molar-refractivity contribution < 1.29 is 23.7 Å². The second kappa shape index (κ2) is 9.07. The largest absolute Gasteiger partial charge is 0.491 e. The molecule has 1 aliphatic rings. The SMILES string of the molecule is CC1(C)OC[C@H](COc2ccc(C(=O)OCc3ccccc3)cc2)O1.S. The molecule has 1 atom stereocenters. The van der Waals surface area contributed by atoms with Crippen LogP contribution < -0.4 is 4.74 Å². The average molecular weight is 376 g/mol. The highest BCUT2D eigenvalue weighted by Crippen LogP contribution is 2.23. The van der Waals surface area contributed by atoms with Crippen molar-refractivity contribution in [1.82, 2.24) is 0 Å². The summed E-state index contributed by atoms with van der Waals surface area (Å²) in [6, 6.07) is 16.5. The molecule has 0 aromatic heterocycles. The van der Waals surface area contributed by atoms with Crippen LogP contribution in [0.15, 0.2) is 54.6 Å². The molecule has 6 heteroatoms. The molecule has 0 N–H and O–H groups in total. The summed E-state index contributed by atoms with van der Waals surface area (Å²) in [5.74, 6) is -0.238. The first-order valence-electron chi connectivity index (χ1n) is 8.27. The zero-order valence-electron chi connectivity index (χ0n) is 14.9. The van der Waals surface area contributed by atoms with Gasteiger partial charge < -0.3 is 18.9 Å². The maximum atomic E-state index is 12.1. The Labute approximate surface area is 160 Å². The summed E-state index contributed by atoms with van der Waals surface area (Å²) in [5, 5.41) is 0. The lowest BCUT2D eigenvalue weighted by Gasteiger charge is -2.17. The predicted molar refractivity (Wildman–Crippen MR) is 103 cm³/mol. The first-order valence-corrected chi connectivity index (χ1v) is 8.27. The number of hydrogen-bond donors (Lipinski definition) is 0. The van der Waals surface area contributed by atoms with E-state index in [4.69, 9.17) is 18.9 Å². The first kappa shape index (κ1) is 20.3. The molecule has 0 radical (unpaired) electrons. The van der Waals surface area contributed by atoms with E-state index < -0.39 is 5.79 Å². The van der Waals surface area contributed by atoms with Crippen molar-refractivity contribution >= 4 is 19.5 Å². The van der Waals surface area contributed by atoms with Gasteiger partial charge in [0.25, 0.3) is 0 Å². The zero-order valence-corrected chi connectivity index (χ0v) is 15.9. The van der Waals surface area contributed by atoms with Crippen LogP contribution in [0.4, 0.5) is 0 Å². The smallest absolute Gasteiger partial charge is 0.338 e. The number of benzene rings is 2. The minimum Gasteiger partial charge on any atom is -0.491 e. The molecular weight excluding hydrogens is 352 g/mol. The van der Waals surface area contributed by atoms with E-state index in [-0.39, 0.29) is 32.2 Å². The molecule has 1 heterocycles. The van der Waals surface area contributed by atoms with Crippen molar-refractivity contribution in [1.29, 1.82) is 0 Å². The molecule has 1 fully saturated rings. The van der Waals surface area contributed by atoms with E-state index in [0.29, 0.717) is 24.5 Å². The van der Waals surface area contributed by atoms with Gasteiger partial charge in [-0.3, -0.25) is 0 Å². The molecule has 2 aromatic rings. The highest BCUT2D eigenvalue weighted by Gasteiger charge is 2.32. The maximum Gasteiger partial charge on any atom is 0.338 e. The summed E-state index contributed by atoms with van der Waals surface area (Å²) in [7, 11) is 0. The Morgan fingerprint density at radius 3 is 2.42 bits per heavy atom. The summed E-state index contributed by atoms with van der Waals surface area (Å²) < 4.78 is 22.2. The van der Waals surface area contributed by atoms with Crippen LogP contribution >= 0.6 is 13.5 Å². The van der Waals surface area contributed by atoms with Crippen molar-refractivity contribution in [3.05, 3.63) is 65.7 Å². The van der Waals surface area contributed by atoms with Crippen molar-refractivity contribution in [2.24, 2.45) is 0 Å². The number of ether oxygens (including phenoxy) is 4. The van der Waals surface area contributed by atoms with Crippen molar-refractivity contribution in [3.63, 3.8) is 0 Å². The van der Waals surface area contributed by atoms with Gasteiger partial charge in [0, 0.05) is 0 Å². The van der Waals surface area contributed by atoms with Gasteiger partial charge in [0.1, 0.15) is 25.1 Å². The minimum atomic E-state index is -0.555. The van der Waals surface area contributed by atoms with E-state index in [1.54, 1.807) is 24.3 Å². The fourth-order valence-electron chi connectivity index (χ4n) is 2.53. The van der Waals surface area contributed by atoms with Gasteiger partial charge in [-0.15, -0.1) is 0 Å². The third-order valence-electron chi connectivity index (χ3n) is 3.81. The summed E-state index contributed by atoms with van der Waals surface area (Å²) in [6.45, 7) is 4.93. The number of carbonyl (C=O) groups excluding carboxylic acids is 1. The van der Waals surface area contributed by atoms with Gasteiger partial charge in [-0.1, -0.05) is 30.3 Å². The van der Waals surface area contributed by atoms with Gasteiger partial charge in [0.05, 0.1) is 12.2 Å². The van der Waals surface area contributed by atoms with Crippen molar-refractivity contribution in [3.8, 4) is 5.75 Å². The van der Waals surface area contributed by atoms with Crippen molar-refractivity contribution in [2.75, 3.05) is 13.2 Å². The summed E-state index contributed by atoms with van der Waals surface area (Å²) in [5.41, 5.74) is 1.45. The monoisotopic (exact) mass is 376 g/mol. The lowest BCUT2D eigenvalue weighted by molar-refractivity contribution is -0.141. The zero-order chi connectivity index (χ0) is 17.7. The molecular formula is C20H24O5S. The van der Waals surface area contributed by atoms with E-state index in [0.717, 1.165) is 5.56 Å². The number of hydrogen-bond acceptors (Lipinski definition) is 5. The Morgan fingerprint density at radius 1 is 1.12 bits per heavy atom. The Morgan fingerprint density at radius 2 is 1.81 bits per heavy atom. The second-order valence-electron chi connectivity index (χ2n) is 6.35. The predicted octanol–water partition coefficient (Wildman–Crippen LogP) is 3.69. The first-order chi connectivity index (χ1) is 12.0. The molecule has 0 unspecified atom stereocenters. The van der Waals surface area contributed by atoms with Crippen LogP contribution in [-0.4, -0.2) is 31.1 Å². The van der Waals surface area contributed by atoms with Gasteiger partial charge in [0.2, 0.25) is 0 Å². The maximum absolute atomic E-state index is 12.1. The molecule has 1 aliphatic heterocycles. The van der Waals surface area contributed by atoms with Crippen molar-refractivity contribution in [2.45, 2.75) is 32.3 Å². The molecule has 1 saturated heterocycles. The molecule has 3 rings (SSSR count). The Hall–Kier alpha value is -2.02. The van der Waals surface area contributed by atoms with Gasteiger partial charge in [0.15, 0.2) is 5.79 Å². The summed E-state index contributed by atoms with van der Waals surface area (Å²) in [6.07, 6.45) is -0.0921. The van der Waals surface area contributed by atoms with Gasteiger partial charge in [-0.25, -0.2) is 4.79 Å². The molecule has 0 saturated carbocycles. The highest BCUT2D eigenvalue weighted by molar-refractivity contribution is 7.59. The molecule has 5 nitrogen and oxygen atoms in total. The standard InChI is InChI=1S/C20H22O5.H2S/c1-20(2)24-14-18(25-20)13-22-17-10-8-16(9-11-17)19(21)23-12-15-6-4-3-5-7-15;/h3-11,18H,12-14H2,1-2H3;1H2/t18-;/m0./s1. The summed E-state index contributed by atoms with van der Waals surface area (Å²) in [4.78, 5) is 12.1. The number of carbonyl (C=O) groups is 1. The quantitative estimate of drug-likeness (QED) is 0.720. The lowest BCUT2D eigenvalue weighted by atomic mass is 10.2. The van der Waals surface area contributed by atoms with E-state index in [1.165, 1.54) is 0 Å². The fourth-order valence-corrected chi connectivity index (χ4v) is 2.53. The average Bonchev–Trinajstić information content (AvgIpc) is 2.98. The van der Waals surface area contributed by atoms with E-state index in [2.05, 4.69) is 0 Å². The van der Waals surface area contributed by atoms with Crippen LogP contribution in [0.25, 0.3) is 0 Å². The van der Waals surface area contributed by atoms with E-state index in [1.807, 2.05) is 44.2 Å². The van der Waals surface area contributed by atoms with Gasteiger partial charge >= 0.3 is 5.97 Å². The molecule has 0 amide bonds. The molecule has 26 heavy (non-hydrogen) atoms. The minimum absolute atomic E-state index is 0. The normalized spacial score (nSPS) is 18.0. The number of esters is 1. The van der Waals surface area contributed by atoms with Gasteiger partial charge in [-0.05, 0) is 43.7 Å². The van der Waals surface area contributed by atoms with E-state index >= 15 is 0 Å². The van der Waals surface area contributed by atoms with Crippen LogP contribution in [0.3, 0.4) is 0 Å². The molecule has 0 spiro atoms. The van der Waals surface area contributed by atoms with Crippen LogP contribution in [0.1, 0.15) is 29.8 Å². The van der Waals surface area contributed by atoms with Crippen LogP contribution in [0, 0.1) is 0 Å². The fraction of sp³-hybridized carbons (Fsp3) is 0.350. The number of rotatable bonds is 6. The van der Waals surface area contributed by atoms with Gasteiger partial charge in [-0.2, -0.15) is 13.5 Å². The Kier molecular flexibility index (Phi) is 7.08. The molecule has 2 aromatic carbocycles. The van der Waals surface area contributed by atoms with Crippen LogP contribution in [0.5, 0.6) is 5.75 Å². The highest BCUT2D eigenvalue weighted by atomic mass is 32.1. The molecule has 140 valence electrons. The summed E-state index contributed by atoms with van der Waals surface area (Å²) >= 11 is 0. The van der Waals surface area contributed by atoms with Crippen LogP contribution in [-0.2, 0) is 20.8 Å². The van der Waals surface area contributed by atoms with Crippen LogP contribution in [0.2, 0.25) is 0 Å².